The van der Waals surface area contributed by atoms with Gasteiger partial charge < -0.3 is 27.7 Å². The molecule has 0 radical (unpaired) electrons. The Hall–Kier alpha value is -1.36. The molecule has 0 fully saturated rings. The third-order valence-electron chi connectivity index (χ3n) is 2.22. The van der Waals surface area contributed by atoms with Crippen molar-refractivity contribution in [2.75, 3.05) is 0 Å². The van der Waals surface area contributed by atoms with Crippen molar-refractivity contribution in [3.8, 4) is 0 Å². The molecule has 1 unspecified atom stereocenters. The fourth-order valence-corrected chi connectivity index (χ4v) is 1.53. The Kier molecular flexibility index (Phi) is 2.37. The zero-order chi connectivity index (χ0) is 11.1. The van der Waals surface area contributed by atoms with Gasteiger partial charge in [0.05, 0.1) is 11.7 Å². The number of hydrogen-bond acceptors (Lipinski definition) is 5. The molecule has 14 heavy (non-hydrogen) atoms. The van der Waals surface area contributed by atoms with E-state index in [0.717, 1.165) is 5.57 Å². The lowest BCUT2D eigenvalue weighted by Crippen LogP contribution is -2.42. The van der Waals surface area contributed by atoms with E-state index >= 15 is 0 Å². The molecule has 0 aliphatic carbocycles. The Labute approximate surface area is 83.7 Å². The fourth-order valence-electron chi connectivity index (χ4n) is 1.53. The monoisotopic (exact) mass is 198 g/mol. The molecule has 80 valence electrons. The van der Waals surface area contributed by atoms with Crippen molar-refractivity contribution in [2.24, 2.45) is 28.3 Å². The van der Waals surface area contributed by atoms with Crippen molar-refractivity contribution in [3.05, 3.63) is 23.0 Å². The molecule has 0 bridgehead atoms. The van der Waals surface area contributed by atoms with Crippen molar-refractivity contribution < 1.29 is 4.74 Å². The van der Waals surface area contributed by atoms with Gasteiger partial charge in [-0.25, -0.2) is 0 Å². The van der Waals surface area contributed by atoms with Gasteiger partial charge in [0.25, 0.3) is 0 Å². The molecular formula is C9H18N4O. The topological polar surface area (TPSA) is 113 Å². The largest absolute Gasteiger partial charge is 0.424 e. The average Bonchev–Trinajstić information content (AvgIpc) is 1.97. The van der Waals surface area contributed by atoms with Gasteiger partial charge in [-0.3, -0.25) is 0 Å². The van der Waals surface area contributed by atoms with Gasteiger partial charge in [0.15, 0.2) is 5.88 Å². The van der Waals surface area contributed by atoms with E-state index in [0.29, 0.717) is 5.70 Å². The van der Waals surface area contributed by atoms with Gasteiger partial charge in [0.2, 0.25) is 5.88 Å². The summed E-state index contributed by atoms with van der Waals surface area (Å²) >= 11 is 0. The van der Waals surface area contributed by atoms with E-state index in [-0.39, 0.29) is 17.2 Å². The predicted octanol–water partition coefficient (Wildman–Crippen LogP) is -0.353. The molecule has 1 atom stereocenters. The molecule has 0 aromatic rings. The lowest BCUT2D eigenvalue weighted by Gasteiger charge is -2.33. The molecule has 0 spiro atoms. The van der Waals surface area contributed by atoms with Gasteiger partial charge in [-0.1, -0.05) is 20.8 Å². The van der Waals surface area contributed by atoms with Gasteiger partial charge in [0.1, 0.15) is 0 Å². The average molecular weight is 198 g/mol. The molecule has 5 heteroatoms. The van der Waals surface area contributed by atoms with Gasteiger partial charge in [-0.2, -0.15) is 0 Å². The van der Waals surface area contributed by atoms with Gasteiger partial charge >= 0.3 is 0 Å². The van der Waals surface area contributed by atoms with Gasteiger partial charge in [-0.15, -0.1) is 0 Å². The van der Waals surface area contributed by atoms with E-state index in [4.69, 9.17) is 27.7 Å². The van der Waals surface area contributed by atoms with Crippen LogP contribution in [0.2, 0.25) is 0 Å². The minimum Gasteiger partial charge on any atom is -0.424 e. The lowest BCUT2D eigenvalue weighted by molar-refractivity contribution is 0.252. The fraction of sp³-hybridized carbons (Fsp3) is 0.556. The first-order chi connectivity index (χ1) is 6.25. The molecule has 0 amide bonds. The van der Waals surface area contributed by atoms with Crippen LogP contribution < -0.4 is 22.9 Å². The first-order valence-electron chi connectivity index (χ1n) is 4.43. The molecular weight excluding hydrogens is 180 g/mol. The highest BCUT2D eigenvalue weighted by molar-refractivity contribution is 5.34. The molecule has 5 nitrogen and oxygen atoms in total. The molecule has 1 aliphatic rings. The van der Waals surface area contributed by atoms with Crippen molar-refractivity contribution in [2.45, 2.75) is 26.8 Å². The number of rotatable bonds is 0. The molecule has 1 aliphatic heterocycles. The molecule has 0 saturated carbocycles. The van der Waals surface area contributed by atoms with E-state index in [1.807, 2.05) is 20.8 Å². The summed E-state index contributed by atoms with van der Waals surface area (Å²) < 4.78 is 5.12. The lowest BCUT2D eigenvalue weighted by atomic mass is 9.81. The number of nitrogens with two attached hydrogens (primary N) is 4. The molecule has 1 heterocycles. The normalized spacial score (nSPS) is 23.9. The Bertz CT molecular complexity index is 311. The molecule has 0 saturated heterocycles. The molecule has 1 rings (SSSR count). The standard InChI is InChI=1S/C9H18N4O/c1-9(2,3)4-5(10)6(11)8(13)14-7(4)12/h5H,10-13H2,1-3H3. The van der Waals surface area contributed by atoms with Gasteiger partial charge in [0, 0.05) is 5.57 Å². The smallest absolute Gasteiger partial charge is 0.213 e. The third kappa shape index (κ3) is 1.63. The summed E-state index contributed by atoms with van der Waals surface area (Å²) in [6.45, 7) is 5.98. The maximum atomic E-state index is 5.91. The summed E-state index contributed by atoms with van der Waals surface area (Å²) in [5, 5.41) is 0. The summed E-state index contributed by atoms with van der Waals surface area (Å²) in [5.41, 5.74) is 23.7. The molecule has 0 aromatic carbocycles. The van der Waals surface area contributed by atoms with Gasteiger partial charge in [-0.05, 0) is 5.41 Å². The van der Waals surface area contributed by atoms with Crippen LogP contribution in [0.1, 0.15) is 20.8 Å². The Morgan fingerprint density at radius 3 is 2.00 bits per heavy atom. The minimum atomic E-state index is -0.455. The van der Waals surface area contributed by atoms with E-state index < -0.39 is 6.04 Å². The number of ether oxygens (including phenoxy) is 1. The van der Waals surface area contributed by atoms with Crippen LogP contribution >= 0.6 is 0 Å². The van der Waals surface area contributed by atoms with Crippen molar-refractivity contribution >= 4 is 0 Å². The van der Waals surface area contributed by atoms with Crippen molar-refractivity contribution in [1.29, 1.82) is 0 Å². The van der Waals surface area contributed by atoms with E-state index in [9.17, 15) is 0 Å². The Morgan fingerprint density at radius 1 is 1.07 bits per heavy atom. The van der Waals surface area contributed by atoms with Crippen LogP contribution in [-0.2, 0) is 4.74 Å². The number of hydrogen-bond donors (Lipinski definition) is 4. The quantitative estimate of drug-likeness (QED) is 0.425. The third-order valence-corrected chi connectivity index (χ3v) is 2.22. The van der Waals surface area contributed by atoms with E-state index in [2.05, 4.69) is 0 Å². The summed E-state index contributed by atoms with van der Waals surface area (Å²) in [6, 6.07) is -0.455. The van der Waals surface area contributed by atoms with Crippen LogP contribution in [0.5, 0.6) is 0 Å². The van der Waals surface area contributed by atoms with Crippen LogP contribution in [0.3, 0.4) is 0 Å². The summed E-state index contributed by atoms with van der Waals surface area (Å²) in [7, 11) is 0. The highest BCUT2D eigenvalue weighted by Gasteiger charge is 2.33. The summed E-state index contributed by atoms with van der Waals surface area (Å²) in [6.07, 6.45) is 0. The zero-order valence-electron chi connectivity index (χ0n) is 8.79. The molecule has 8 N–H and O–H groups in total. The first-order valence-corrected chi connectivity index (χ1v) is 4.43. The van der Waals surface area contributed by atoms with Crippen molar-refractivity contribution in [1.82, 2.24) is 0 Å². The summed E-state index contributed by atoms with van der Waals surface area (Å²) in [4.78, 5) is 0. The first kappa shape index (κ1) is 10.7. The Balaban J connectivity index is 3.14. The maximum absolute atomic E-state index is 5.91. The van der Waals surface area contributed by atoms with Crippen LogP contribution in [0.4, 0.5) is 0 Å². The highest BCUT2D eigenvalue weighted by atomic mass is 16.5. The van der Waals surface area contributed by atoms with Crippen molar-refractivity contribution in [3.63, 3.8) is 0 Å². The summed E-state index contributed by atoms with van der Waals surface area (Å²) in [5.74, 6) is 0.361. The maximum Gasteiger partial charge on any atom is 0.213 e. The second-order valence-electron chi connectivity index (χ2n) is 4.43. The highest BCUT2D eigenvalue weighted by Crippen LogP contribution is 2.33. The predicted molar refractivity (Wildman–Crippen MR) is 55.1 cm³/mol. The minimum absolute atomic E-state index is 0.100. The van der Waals surface area contributed by atoms with E-state index in [1.54, 1.807) is 0 Å². The zero-order valence-corrected chi connectivity index (χ0v) is 8.79. The van der Waals surface area contributed by atoms with Crippen LogP contribution in [0, 0.1) is 5.41 Å². The van der Waals surface area contributed by atoms with Crippen LogP contribution in [-0.4, -0.2) is 6.04 Å². The second-order valence-corrected chi connectivity index (χ2v) is 4.43. The SMILES string of the molecule is CC(C)(C)C1=C(N)OC(N)=C(N)C1N. The second kappa shape index (κ2) is 3.09. The van der Waals surface area contributed by atoms with Crippen LogP contribution in [0.15, 0.2) is 23.0 Å². The van der Waals surface area contributed by atoms with Crippen LogP contribution in [0.25, 0.3) is 0 Å². The van der Waals surface area contributed by atoms with E-state index in [1.165, 1.54) is 0 Å². The molecule has 0 aromatic heterocycles. The Morgan fingerprint density at radius 2 is 1.57 bits per heavy atom.